The van der Waals surface area contributed by atoms with Crippen molar-refractivity contribution in [3.63, 3.8) is 0 Å². The van der Waals surface area contributed by atoms with Gasteiger partial charge in [-0.15, -0.1) is 11.3 Å². The van der Waals surface area contributed by atoms with Gasteiger partial charge in [-0.3, -0.25) is 0 Å². The first-order valence-electron chi connectivity index (χ1n) is 6.48. The van der Waals surface area contributed by atoms with Crippen LogP contribution in [-0.4, -0.2) is 6.54 Å². The van der Waals surface area contributed by atoms with Crippen LogP contribution in [0.2, 0.25) is 0 Å². The lowest BCUT2D eigenvalue weighted by atomic mass is 9.97. The van der Waals surface area contributed by atoms with Crippen molar-refractivity contribution in [2.75, 3.05) is 6.54 Å². The van der Waals surface area contributed by atoms with Crippen molar-refractivity contribution in [3.05, 3.63) is 55.7 Å². The third-order valence-corrected chi connectivity index (χ3v) is 4.84. The molecule has 0 aliphatic carbocycles. The molecule has 1 unspecified atom stereocenters. The molecule has 1 N–H and O–H groups in total. The Morgan fingerprint density at radius 2 is 1.95 bits per heavy atom. The quantitative estimate of drug-likeness (QED) is 0.737. The van der Waals surface area contributed by atoms with Gasteiger partial charge in [0, 0.05) is 9.35 Å². The van der Waals surface area contributed by atoms with Gasteiger partial charge >= 0.3 is 6.18 Å². The van der Waals surface area contributed by atoms with Crippen LogP contribution < -0.4 is 5.32 Å². The maximum atomic E-state index is 12.9. The Hall–Kier alpha value is -0.850. The lowest BCUT2D eigenvalue weighted by Gasteiger charge is -2.21. The van der Waals surface area contributed by atoms with Gasteiger partial charge in [0.1, 0.15) is 0 Å². The molecule has 0 aliphatic heterocycles. The molecule has 0 amide bonds. The molecule has 0 bridgehead atoms. The van der Waals surface area contributed by atoms with E-state index in [-0.39, 0.29) is 6.04 Å². The van der Waals surface area contributed by atoms with Crippen LogP contribution in [-0.2, 0) is 6.18 Å². The summed E-state index contributed by atoms with van der Waals surface area (Å²) in [4.78, 5) is 1.10. The lowest BCUT2D eigenvalue weighted by molar-refractivity contribution is -0.137. The summed E-state index contributed by atoms with van der Waals surface area (Å²) in [5.74, 6) is 0. The number of thiophene rings is 1. The molecule has 0 saturated carbocycles. The molecule has 2 aromatic rings. The molecule has 0 spiro atoms. The van der Waals surface area contributed by atoms with E-state index in [1.807, 2.05) is 25.3 Å². The molecule has 0 aliphatic rings. The van der Waals surface area contributed by atoms with Crippen molar-refractivity contribution >= 4 is 27.3 Å². The second-order valence-corrected chi connectivity index (χ2v) is 6.63. The first kappa shape index (κ1) is 16.5. The van der Waals surface area contributed by atoms with E-state index in [1.54, 1.807) is 11.3 Å². The minimum atomic E-state index is -4.34. The van der Waals surface area contributed by atoms with Gasteiger partial charge < -0.3 is 5.32 Å². The Morgan fingerprint density at radius 1 is 1.24 bits per heavy atom. The summed E-state index contributed by atoms with van der Waals surface area (Å²) in [6, 6.07) is 5.48. The van der Waals surface area contributed by atoms with Gasteiger partial charge in [-0.25, -0.2) is 0 Å². The molecule has 21 heavy (non-hydrogen) atoms. The first-order valence-corrected chi connectivity index (χ1v) is 8.16. The van der Waals surface area contributed by atoms with Crippen molar-refractivity contribution in [2.24, 2.45) is 0 Å². The Bertz CT molecular complexity index is 622. The fraction of sp³-hybridized carbons (Fsp3) is 0.333. The number of benzene rings is 1. The summed E-state index contributed by atoms with van der Waals surface area (Å²) in [7, 11) is 0. The van der Waals surface area contributed by atoms with Crippen LogP contribution in [0.4, 0.5) is 13.2 Å². The minimum absolute atomic E-state index is 0.252. The molecule has 114 valence electrons. The average molecular weight is 378 g/mol. The Labute approximate surface area is 134 Å². The van der Waals surface area contributed by atoms with E-state index in [1.165, 1.54) is 12.1 Å². The van der Waals surface area contributed by atoms with Gasteiger partial charge in [-0.2, -0.15) is 13.2 Å². The number of rotatable bonds is 4. The molecule has 1 atom stereocenters. The maximum Gasteiger partial charge on any atom is 0.416 e. The van der Waals surface area contributed by atoms with Gasteiger partial charge in [-0.1, -0.05) is 22.9 Å². The zero-order valence-corrected chi connectivity index (χ0v) is 14.0. The van der Waals surface area contributed by atoms with Crippen molar-refractivity contribution in [2.45, 2.75) is 26.1 Å². The topological polar surface area (TPSA) is 12.0 Å². The largest absolute Gasteiger partial charge is 0.416 e. The molecule has 0 saturated heterocycles. The predicted molar refractivity (Wildman–Crippen MR) is 83.7 cm³/mol. The SMILES string of the molecule is CCNC(c1cc(C(F)(F)F)ccc1Br)c1ccsc1C. The number of alkyl halides is 3. The number of halogens is 4. The van der Waals surface area contributed by atoms with Crippen LogP contribution in [0.25, 0.3) is 0 Å². The van der Waals surface area contributed by atoms with Crippen LogP contribution in [0.1, 0.15) is 34.5 Å². The highest BCUT2D eigenvalue weighted by molar-refractivity contribution is 9.10. The molecule has 0 fully saturated rings. The third kappa shape index (κ3) is 3.67. The standard InChI is InChI=1S/C15H15BrF3NS/c1-3-20-14(11-6-7-21-9(11)2)12-8-10(15(17,18)19)4-5-13(12)16/h4-8,14,20H,3H2,1-2H3. The van der Waals surface area contributed by atoms with E-state index in [2.05, 4.69) is 21.2 Å². The molecule has 6 heteroatoms. The Balaban J connectivity index is 2.52. The summed E-state index contributed by atoms with van der Waals surface area (Å²) in [5.41, 5.74) is 0.992. The minimum Gasteiger partial charge on any atom is -0.306 e. The van der Waals surface area contributed by atoms with E-state index in [0.29, 0.717) is 16.6 Å². The van der Waals surface area contributed by atoms with Gasteiger partial charge in [0.25, 0.3) is 0 Å². The van der Waals surface area contributed by atoms with E-state index in [0.717, 1.165) is 16.5 Å². The summed E-state index contributed by atoms with van der Waals surface area (Å²) in [5, 5.41) is 5.23. The Morgan fingerprint density at radius 3 is 2.48 bits per heavy atom. The van der Waals surface area contributed by atoms with Gasteiger partial charge in [0.2, 0.25) is 0 Å². The summed E-state index contributed by atoms with van der Waals surface area (Å²) < 4.78 is 39.5. The molecular formula is C15H15BrF3NS. The van der Waals surface area contributed by atoms with Crippen LogP contribution >= 0.6 is 27.3 Å². The first-order chi connectivity index (χ1) is 9.84. The third-order valence-electron chi connectivity index (χ3n) is 3.25. The highest BCUT2D eigenvalue weighted by Crippen LogP contribution is 2.37. The fourth-order valence-electron chi connectivity index (χ4n) is 2.23. The predicted octanol–water partition coefficient (Wildman–Crippen LogP) is 5.54. The highest BCUT2D eigenvalue weighted by atomic mass is 79.9. The number of hydrogen-bond donors (Lipinski definition) is 1. The molecule has 1 nitrogen and oxygen atoms in total. The van der Waals surface area contributed by atoms with Gasteiger partial charge in [-0.05, 0) is 54.2 Å². The zero-order chi connectivity index (χ0) is 15.6. The summed E-state index contributed by atoms with van der Waals surface area (Å²) in [6.07, 6.45) is -4.34. The van der Waals surface area contributed by atoms with Crippen molar-refractivity contribution in [3.8, 4) is 0 Å². The van der Waals surface area contributed by atoms with Crippen molar-refractivity contribution < 1.29 is 13.2 Å². The van der Waals surface area contributed by atoms with Gasteiger partial charge in [0.05, 0.1) is 11.6 Å². The Kier molecular flexibility index (Phi) is 5.11. The fourth-order valence-corrected chi connectivity index (χ4v) is 3.44. The second kappa shape index (κ2) is 6.50. The molecule has 0 radical (unpaired) electrons. The molecule has 1 aromatic heterocycles. The van der Waals surface area contributed by atoms with Crippen LogP contribution in [0, 0.1) is 6.92 Å². The van der Waals surface area contributed by atoms with Gasteiger partial charge in [0.15, 0.2) is 0 Å². The molecule has 2 rings (SSSR count). The number of hydrogen-bond acceptors (Lipinski definition) is 2. The van der Waals surface area contributed by atoms with Crippen LogP contribution in [0.5, 0.6) is 0 Å². The highest BCUT2D eigenvalue weighted by Gasteiger charge is 2.32. The number of nitrogens with one attached hydrogen (secondary N) is 1. The van der Waals surface area contributed by atoms with Crippen LogP contribution in [0.3, 0.4) is 0 Å². The second-order valence-electron chi connectivity index (χ2n) is 4.66. The normalized spacial score (nSPS) is 13.4. The lowest BCUT2D eigenvalue weighted by Crippen LogP contribution is -2.23. The van der Waals surface area contributed by atoms with Crippen molar-refractivity contribution in [1.82, 2.24) is 5.32 Å². The van der Waals surface area contributed by atoms with E-state index in [9.17, 15) is 13.2 Å². The van der Waals surface area contributed by atoms with E-state index < -0.39 is 11.7 Å². The zero-order valence-electron chi connectivity index (χ0n) is 11.6. The monoisotopic (exact) mass is 377 g/mol. The summed E-state index contributed by atoms with van der Waals surface area (Å²) >= 11 is 4.97. The van der Waals surface area contributed by atoms with Crippen molar-refractivity contribution in [1.29, 1.82) is 0 Å². The summed E-state index contributed by atoms with van der Waals surface area (Å²) in [6.45, 7) is 4.59. The smallest absolute Gasteiger partial charge is 0.306 e. The average Bonchev–Trinajstić information content (AvgIpc) is 2.82. The van der Waals surface area contributed by atoms with E-state index in [4.69, 9.17) is 0 Å². The molecule has 1 aromatic carbocycles. The number of aryl methyl sites for hydroxylation is 1. The maximum absolute atomic E-state index is 12.9. The molecular weight excluding hydrogens is 363 g/mol. The molecule has 1 heterocycles. The van der Waals surface area contributed by atoms with E-state index >= 15 is 0 Å². The van der Waals surface area contributed by atoms with Crippen LogP contribution in [0.15, 0.2) is 34.1 Å².